The molecule has 1 amide bonds. The van der Waals surface area contributed by atoms with E-state index in [1.54, 1.807) is 29.2 Å². The fourth-order valence-corrected chi connectivity index (χ4v) is 3.39. The van der Waals surface area contributed by atoms with Crippen molar-refractivity contribution in [1.29, 1.82) is 0 Å². The van der Waals surface area contributed by atoms with Crippen LogP contribution in [0.3, 0.4) is 0 Å². The van der Waals surface area contributed by atoms with Crippen molar-refractivity contribution in [3.05, 3.63) is 72.3 Å². The third-order valence-electron chi connectivity index (χ3n) is 3.57. The van der Waals surface area contributed by atoms with Crippen molar-refractivity contribution >= 4 is 21.6 Å². The van der Waals surface area contributed by atoms with Gasteiger partial charge >= 0.3 is 0 Å². The summed E-state index contributed by atoms with van der Waals surface area (Å²) in [6, 6.07) is 14.6. The van der Waals surface area contributed by atoms with Gasteiger partial charge in [0, 0.05) is 24.3 Å². The lowest BCUT2D eigenvalue weighted by Crippen LogP contribution is -2.32. The number of nitrogens with zero attached hydrogens (tertiary/aromatic N) is 1. The molecular weight excluding hydrogens is 336 g/mol. The first-order valence-corrected chi connectivity index (χ1v) is 9.43. The number of likely N-dealkylation sites (N-methyl/N-ethyl adjacent to an activating group) is 1. The molecule has 0 saturated heterocycles. The Balaban J connectivity index is 2.18. The van der Waals surface area contributed by atoms with E-state index in [0.29, 0.717) is 24.3 Å². The van der Waals surface area contributed by atoms with Crippen molar-refractivity contribution in [1.82, 2.24) is 4.90 Å². The number of carbonyl (C=O) groups excluding carboxylic acids is 1. The first-order valence-electron chi connectivity index (χ1n) is 7.95. The number of sulfonamides is 1. The smallest absolute Gasteiger partial charge is 0.261 e. The third kappa shape index (κ3) is 4.93. The van der Waals surface area contributed by atoms with Gasteiger partial charge in [-0.05, 0) is 50.2 Å². The van der Waals surface area contributed by atoms with Gasteiger partial charge in [0.25, 0.3) is 15.9 Å². The number of rotatable bonds is 7. The Morgan fingerprint density at radius 2 is 1.68 bits per heavy atom. The van der Waals surface area contributed by atoms with E-state index in [-0.39, 0.29) is 10.8 Å². The molecule has 0 bridgehead atoms. The topological polar surface area (TPSA) is 66.5 Å². The minimum absolute atomic E-state index is 0.107. The molecule has 0 unspecified atom stereocenters. The quantitative estimate of drug-likeness (QED) is 0.770. The molecule has 0 atom stereocenters. The minimum atomic E-state index is -3.69. The van der Waals surface area contributed by atoms with Crippen molar-refractivity contribution < 1.29 is 13.2 Å². The fraction of sp³-hybridized carbons (Fsp3) is 0.211. The SMILES string of the molecule is C=C(C)CN(CC)C(=O)c1ccc(S(=O)(=O)Nc2ccccc2)cc1. The van der Waals surface area contributed by atoms with Gasteiger partial charge in [-0.15, -0.1) is 0 Å². The largest absolute Gasteiger partial charge is 0.335 e. The average molecular weight is 358 g/mol. The third-order valence-corrected chi connectivity index (χ3v) is 4.96. The van der Waals surface area contributed by atoms with Gasteiger partial charge in [0.15, 0.2) is 0 Å². The zero-order chi connectivity index (χ0) is 18.4. The van der Waals surface area contributed by atoms with E-state index in [1.807, 2.05) is 19.9 Å². The molecule has 25 heavy (non-hydrogen) atoms. The summed E-state index contributed by atoms with van der Waals surface area (Å²) in [6.45, 7) is 8.61. The molecule has 2 aromatic rings. The lowest BCUT2D eigenvalue weighted by atomic mass is 10.2. The highest BCUT2D eigenvalue weighted by molar-refractivity contribution is 7.92. The molecule has 1 N–H and O–H groups in total. The number of para-hydroxylation sites is 1. The summed E-state index contributed by atoms with van der Waals surface area (Å²) in [5.74, 6) is -0.148. The summed E-state index contributed by atoms with van der Waals surface area (Å²) in [4.78, 5) is 14.3. The molecule has 2 aromatic carbocycles. The molecule has 0 radical (unpaired) electrons. The summed E-state index contributed by atoms with van der Waals surface area (Å²) in [6.07, 6.45) is 0. The van der Waals surface area contributed by atoms with E-state index < -0.39 is 10.0 Å². The van der Waals surface area contributed by atoms with Gasteiger partial charge in [0.05, 0.1) is 4.90 Å². The number of hydrogen-bond donors (Lipinski definition) is 1. The van der Waals surface area contributed by atoms with Crippen molar-refractivity contribution in [2.45, 2.75) is 18.7 Å². The molecule has 0 aromatic heterocycles. The molecule has 0 aliphatic heterocycles. The highest BCUT2D eigenvalue weighted by Gasteiger charge is 2.17. The van der Waals surface area contributed by atoms with Crippen LogP contribution in [-0.2, 0) is 10.0 Å². The monoisotopic (exact) mass is 358 g/mol. The molecule has 132 valence electrons. The first-order chi connectivity index (χ1) is 11.8. The molecule has 0 aliphatic rings. The van der Waals surface area contributed by atoms with Gasteiger partial charge in [-0.2, -0.15) is 0 Å². The van der Waals surface area contributed by atoms with Crippen LogP contribution >= 0.6 is 0 Å². The van der Waals surface area contributed by atoms with Crippen LogP contribution < -0.4 is 4.72 Å². The lowest BCUT2D eigenvalue weighted by molar-refractivity contribution is 0.0778. The van der Waals surface area contributed by atoms with Crippen LogP contribution in [0.2, 0.25) is 0 Å². The number of hydrogen-bond acceptors (Lipinski definition) is 3. The number of nitrogens with one attached hydrogen (secondary N) is 1. The Morgan fingerprint density at radius 1 is 1.08 bits per heavy atom. The van der Waals surface area contributed by atoms with Gasteiger partial charge in [-0.3, -0.25) is 9.52 Å². The Morgan fingerprint density at radius 3 is 2.20 bits per heavy atom. The maximum absolute atomic E-state index is 12.5. The van der Waals surface area contributed by atoms with Crippen LogP contribution in [0.4, 0.5) is 5.69 Å². The summed E-state index contributed by atoms with van der Waals surface area (Å²) in [7, 11) is -3.69. The van der Waals surface area contributed by atoms with Crippen LogP contribution in [0.15, 0.2) is 71.6 Å². The van der Waals surface area contributed by atoms with E-state index in [4.69, 9.17) is 0 Å². The predicted molar refractivity (Wildman–Crippen MR) is 100 cm³/mol. The van der Waals surface area contributed by atoms with Crippen LogP contribution in [0.5, 0.6) is 0 Å². The Bertz CT molecular complexity index is 844. The molecule has 6 heteroatoms. The van der Waals surface area contributed by atoms with Crippen molar-refractivity contribution in [3.8, 4) is 0 Å². The Hall–Kier alpha value is -2.60. The molecule has 0 spiro atoms. The van der Waals surface area contributed by atoms with Crippen LogP contribution in [-0.4, -0.2) is 32.3 Å². The maximum atomic E-state index is 12.5. The Labute approximate surface area is 149 Å². The second kappa shape index (κ2) is 7.98. The molecule has 0 saturated carbocycles. The second-order valence-corrected chi connectivity index (χ2v) is 7.45. The normalized spacial score (nSPS) is 11.0. The summed E-state index contributed by atoms with van der Waals surface area (Å²) in [5.41, 5.74) is 1.82. The second-order valence-electron chi connectivity index (χ2n) is 5.77. The number of benzene rings is 2. The van der Waals surface area contributed by atoms with Gasteiger partial charge < -0.3 is 4.90 Å². The van der Waals surface area contributed by atoms with E-state index in [2.05, 4.69) is 11.3 Å². The number of anilines is 1. The first kappa shape index (κ1) is 18.7. The highest BCUT2D eigenvalue weighted by atomic mass is 32.2. The van der Waals surface area contributed by atoms with Gasteiger partial charge in [-0.25, -0.2) is 8.42 Å². The van der Waals surface area contributed by atoms with Crippen LogP contribution in [0.1, 0.15) is 24.2 Å². The van der Waals surface area contributed by atoms with Crippen molar-refractivity contribution in [3.63, 3.8) is 0 Å². The van der Waals surface area contributed by atoms with Crippen LogP contribution in [0.25, 0.3) is 0 Å². The summed E-state index contributed by atoms with van der Waals surface area (Å²) >= 11 is 0. The molecular formula is C19H22N2O3S. The predicted octanol–water partition coefficient (Wildman–Crippen LogP) is 3.53. The van der Waals surface area contributed by atoms with E-state index in [0.717, 1.165) is 5.57 Å². The zero-order valence-corrected chi connectivity index (χ0v) is 15.2. The van der Waals surface area contributed by atoms with E-state index in [1.165, 1.54) is 24.3 Å². The molecule has 0 heterocycles. The molecule has 0 aliphatic carbocycles. The average Bonchev–Trinajstić information content (AvgIpc) is 2.59. The summed E-state index contributed by atoms with van der Waals surface area (Å²) < 4.78 is 27.3. The van der Waals surface area contributed by atoms with Gasteiger partial charge in [-0.1, -0.05) is 30.4 Å². The van der Waals surface area contributed by atoms with E-state index in [9.17, 15) is 13.2 Å². The zero-order valence-electron chi connectivity index (χ0n) is 14.4. The van der Waals surface area contributed by atoms with Crippen molar-refractivity contribution in [2.24, 2.45) is 0 Å². The maximum Gasteiger partial charge on any atom is 0.261 e. The molecule has 0 fully saturated rings. The number of amides is 1. The number of carbonyl (C=O) groups is 1. The molecule has 5 nitrogen and oxygen atoms in total. The summed E-state index contributed by atoms with van der Waals surface area (Å²) in [5, 5.41) is 0. The standard InChI is InChI=1S/C19H22N2O3S/c1-4-21(14-15(2)3)19(22)16-10-12-18(13-11-16)25(23,24)20-17-8-6-5-7-9-17/h5-13,20H,2,4,14H2,1,3H3. The highest BCUT2D eigenvalue weighted by Crippen LogP contribution is 2.17. The lowest BCUT2D eigenvalue weighted by Gasteiger charge is -2.21. The van der Waals surface area contributed by atoms with Gasteiger partial charge in [0.2, 0.25) is 0 Å². The van der Waals surface area contributed by atoms with Gasteiger partial charge in [0.1, 0.15) is 0 Å². The van der Waals surface area contributed by atoms with E-state index >= 15 is 0 Å². The molecule has 2 rings (SSSR count). The Kier molecular flexibility index (Phi) is 5.98. The van der Waals surface area contributed by atoms with Crippen molar-refractivity contribution in [2.75, 3.05) is 17.8 Å². The van der Waals surface area contributed by atoms with Crippen LogP contribution in [0, 0.1) is 0 Å². The minimum Gasteiger partial charge on any atom is -0.335 e. The fourth-order valence-electron chi connectivity index (χ4n) is 2.33.